The van der Waals surface area contributed by atoms with E-state index in [0.717, 1.165) is 31.6 Å². The molecule has 22 heavy (non-hydrogen) atoms. The van der Waals surface area contributed by atoms with Crippen molar-refractivity contribution in [2.75, 3.05) is 13.6 Å². The van der Waals surface area contributed by atoms with Crippen LogP contribution in [0.2, 0.25) is 0 Å². The standard InChI is InChI=1S/C13H18N2O.C6H14/c1-13(2)7-9-6-10-12(16)14(3)4-5-15(10)11(9)8-13;1-3-5-6-4-2/h6H,4-5,7-8H2,1-3H3;3-6H2,1-2H3. The molecule has 3 heteroatoms. The predicted molar refractivity (Wildman–Crippen MR) is 92.4 cm³/mol. The molecule has 0 saturated heterocycles. The molecule has 0 fully saturated rings. The van der Waals surface area contributed by atoms with Crippen LogP contribution in [0.15, 0.2) is 6.07 Å². The third kappa shape index (κ3) is 3.56. The number of hydrogen-bond donors (Lipinski definition) is 0. The lowest BCUT2D eigenvalue weighted by atomic mass is 9.90. The number of carbonyl (C=O) groups is 1. The van der Waals surface area contributed by atoms with Gasteiger partial charge in [-0.1, -0.05) is 53.4 Å². The number of rotatable bonds is 3. The lowest BCUT2D eigenvalue weighted by Gasteiger charge is -2.26. The highest BCUT2D eigenvalue weighted by Crippen LogP contribution is 2.38. The van der Waals surface area contributed by atoms with Gasteiger partial charge >= 0.3 is 0 Å². The number of amides is 1. The summed E-state index contributed by atoms with van der Waals surface area (Å²) in [7, 11) is 1.88. The molecule has 0 aromatic carbocycles. The summed E-state index contributed by atoms with van der Waals surface area (Å²) in [5, 5.41) is 0. The largest absolute Gasteiger partial charge is 0.339 e. The highest BCUT2D eigenvalue weighted by Gasteiger charge is 2.35. The van der Waals surface area contributed by atoms with E-state index < -0.39 is 0 Å². The Kier molecular flexibility index (Phi) is 5.36. The second-order valence-corrected chi connectivity index (χ2v) is 7.60. The molecule has 0 saturated carbocycles. The highest BCUT2D eigenvalue weighted by molar-refractivity contribution is 5.93. The molecule has 2 aliphatic rings. The Labute approximate surface area is 135 Å². The SMILES string of the molecule is CCCCCC.CN1CCn2c(cc3c2CC(C)(C)C3)C1=O. The van der Waals surface area contributed by atoms with Gasteiger partial charge < -0.3 is 9.47 Å². The van der Waals surface area contributed by atoms with E-state index in [-0.39, 0.29) is 5.91 Å². The van der Waals surface area contributed by atoms with E-state index in [1.54, 1.807) is 0 Å². The summed E-state index contributed by atoms with van der Waals surface area (Å²) < 4.78 is 2.24. The van der Waals surface area contributed by atoms with Crippen molar-refractivity contribution in [3.05, 3.63) is 23.0 Å². The zero-order chi connectivity index (χ0) is 16.3. The number of hydrogen-bond acceptors (Lipinski definition) is 1. The summed E-state index contributed by atoms with van der Waals surface area (Å²) in [6.07, 6.45) is 7.76. The maximum absolute atomic E-state index is 12.0. The second-order valence-electron chi connectivity index (χ2n) is 7.60. The smallest absolute Gasteiger partial charge is 0.270 e. The maximum Gasteiger partial charge on any atom is 0.270 e. The monoisotopic (exact) mass is 304 g/mol. The van der Waals surface area contributed by atoms with Crippen molar-refractivity contribution >= 4 is 5.91 Å². The van der Waals surface area contributed by atoms with Crippen molar-refractivity contribution in [2.45, 2.75) is 72.8 Å². The van der Waals surface area contributed by atoms with Gasteiger partial charge in [0.25, 0.3) is 5.91 Å². The van der Waals surface area contributed by atoms with Crippen molar-refractivity contribution in [3.8, 4) is 0 Å². The zero-order valence-electron chi connectivity index (χ0n) is 15.0. The van der Waals surface area contributed by atoms with E-state index in [0.29, 0.717) is 5.41 Å². The highest BCUT2D eigenvalue weighted by atomic mass is 16.2. The summed E-state index contributed by atoms with van der Waals surface area (Å²) in [5.41, 5.74) is 4.07. The maximum atomic E-state index is 12.0. The quantitative estimate of drug-likeness (QED) is 0.765. The van der Waals surface area contributed by atoms with Crippen molar-refractivity contribution in [1.82, 2.24) is 9.47 Å². The van der Waals surface area contributed by atoms with Gasteiger partial charge in [-0.05, 0) is 29.9 Å². The number of likely N-dealkylation sites (N-methyl/N-ethyl adjacent to an activating group) is 1. The van der Waals surface area contributed by atoms with Gasteiger partial charge in [-0.15, -0.1) is 0 Å². The molecule has 0 spiro atoms. The van der Waals surface area contributed by atoms with Gasteiger partial charge in [-0.3, -0.25) is 4.79 Å². The molecule has 3 nitrogen and oxygen atoms in total. The number of fused-ring (bicyclic) bond motifs is 3. The van der Waals surface area contributed by atoms with Crippen molar-refractivity contribution < 1.29 is 4.79 Å². The van der Waals surface area contributed by atoms with Gasteiger partial charge in [0.1, 0.15) is 5.69 Å². The molecule has 0 bridgehead atoms. The molecule has 124 valence electrons. The van der Waals surface area contributed by atoms with Crippen LogP contribution in [0.3, 0.4) is 0 Å². The van der Waals surface area contributed by atoms with E-state index in [1.165, 1.54) is 36.9 Å². The van der Waals surface area contributed by atoms with E-state index in [9.17, 15) is 4.79 Å². The van der Waals surface area contributed by atoms with Crippen molar-refractivity contribution in [3.63, 3.8) is 0 Å². The van der Waals surface area contributed by atoms with Crippen LogP contribution in [-0.4, -0.2) is 29.0 Å². The number of unbranched alkanes of at least 4 members (excludes halogenated alkanes) is 3. The molecule has 0 N–H and O–H groups in total. The average molecular weight is 304 g/mol. The van der Waals surface area contributed by atoms with E-state index in [2.05, 4.69) is 38.3 Å². The molecule has 1 aliphatic heterocycles. The topological polar surface area (TPSA) is 25.2 Å². The summed E-state index contributed by atoms with van der Waals surface area (Å²) in [5.74, 6) is 0.179. The predicted octanol–water partition coefficient (Wildman–Crippen LogP) is 4.29. The lowest BCUT2D eigenvalue weighted by molar-refractivity contribution is 0.0747. The third-order valence-corrected chi connectivity index (χ3v) is 4.80. The fraction of sp³-hybridized carbons (Fsp3) is 0.737. The van der Waals surface area contributed by atoms with Crippen LogP contribution >= 0.6 is 0 Å². The van der Waals surface area contributed by atoms with Crippen molar-refractivity contribution in [1.29, 1.82) is 0 Å². The molecule has 0 atom stereocenters. The molecule has 1 amide bonds. The van der Waals surface area contributed by atoms with Gasteiger partial charge in [-0.25, -0.2) is 0 Å². The van der Waals surface area contributed by atoms with Gasteiger partial charge in [0.15, 0.2) is 0 Å². The number of carbonyl (C=O) groups excluding carboxylic acids is 1. The minimum absolute atomic E-state index is 0.179. The Morgan fingerprint density at radius 3 is 2.32 bits per heavy atom. The van der Waals surface area contributed by atoms with Crippen LogP contribution in [-0.2, 0) is 19.4 Å². The number of nitrogens with zero attached hydrogens (tertiary/aromatic N) is 2. The van der Waals surface area contributed by atoms with E-state index >= 15 is 0 Å². The molecule has 2 heterocycles. The first-order chi connectivity index (χ1) is 10.4. The third-order valence-electron chi connectivity index (χ3n) is 4.80. The summed E-state index contributed by atoms with van der Waals surface area (Å²) in [6.45, 7) is 10.9. The lowest BCUT2D eigenvalue weighted by Crippen LogP contribution is -2.37. The number of aromatic nitrogens is 1. The minimum Gasteiger partial charge on any atom is -0.339 e. The van der Waals surface area contributed by atoms with Crippen LogP contribution in [0.4, 0.5) is 0 Å². The summed E-state index contributed by atoms with van der Waals surface area (Å²) >= 11 is 0. The Hall–Kier alpha value is -1.25. The molecule has 3 rings (SSSR count). The van der Waals surface area contributed by atoms with Crippen LogP contribution in [0, 0.1) is 5.41 Å². The van der Waals surface area contributed by atoms with Gasteiger partial charge in [0.05, 0.1) is 0 Å². The first-order valence-corrected chi connectivity index (χ1v) is 8.86. The summed E-state index contributed by atoms with van der Waals surface area (Å²) in [6, 6.07) is 2.11. The first-order valence-electron chi connectivity index (χ1n) is 8.86. The molecule has 1 aliphatic carbocycles. The van der Waals surface area contributed by atoms with Crippen LogP contribution in [0.5, 0.6) is 0 Å². The molecule has 0 radical (unpaired) electrons. The Morgan fingerprint density at radius 1 is 1.09 bits per heavy atom. The van der Waals surface area contributed by atoms with Crippen LogP contribution in [0.25, 0.3) is 0 Å². The Balaban J connectivity index is 0.000000254. The fourth-order valence-electron chi connectivity index (χ4n) is 3.52. The average Bonchev–Trinajstić information content (AvgIpc) is 2.94. The summed E-state index contributed by atoms with van der Waals surface area (Å²) in [4.78, 5) is 13.8. The van der Waals surface area contributed by atoms with Crippen LogP contribution < -0.4 is 0 Å². The van der Waals surface area contributed by atoms with Crippen LogP contribution in [0.1, 0.15) is 75.1 Å². The second kappa shape index (κ2) is 6.89. The minimum atomic E-state index is 0.179. The van der Waals surface area contributed by atoms with Gasteiger partial charge in [0.2, 0.25) is 0 Å². The zero-order valence-corrected chi connectivity index (χ0v) is 15.0. The normalized spacial score (nSPS) is 18.6. The first kappa shape index (κ1) is 17.1. The Morgan fingerprint density at radius 2 is 1.73 bits per heavy atom. The molecule has 1 aromatic rings. The van der Waals surface area contributed by atoms with E-state index in [4.69, 9.17) is 0 Å². The fourth-order valence-corrected chi connectivity index (χ4v) is 3.52. The van der Waals surface area contributed by atoms with Gasteiger partial charge in [0, 0.05) is 25.8 Å². The van der Waals surface area contributed by atoms with E-state index in [1.807, 2.05) is 11.9 Å². The molecule has 1 aromatic heterocycles. The van der Waals surface area contributed by atoms with Gasteiger partial charge in [-0.2, -0.15) is 0 Å². The molecular weight excluding hydrogens is 272 g/mol. The molecular formula is C19H32N2O. The Bertz CT molecular complexity index is 524. The van der Waals surface area contributed by atoms with Crippen molar-refractivity contribution in [2.24, 2.45) is 5.41 Å². The molecule has 0 unspecified atom stereocenters.